The van der Waals surface area contributed by atoms with Gasteiger partial charge in [0.25, 0.3) is 0 Å². The predicted octanol–water partition coefficient (Wildman–Crippen LogP) is 1.41. The largest absolute Gasteiger partial charge is 0.183 e. The van der Waals surface area contributed by atoms with Gasteiger partial charge < -0.3 is 0 Å². The molecule has 0 unspecified atom stereocenters. The van der Waals surface area contributed by atoms with E-state index in [0.717, 1.165) is 13.1 Å². The van der Waals surface area contributed by atoms with Gasteiger partial charge in [-0.3, -0.25) is 0 Å². The molecule has 42 valence electrons. The average molecular weight is 100 g/mol. The summed E-state index contributed by atoms with van der Waals surface area (Å²) in [4.78, 5) is 0. The molecule has 7 heavy (non-hydrogen) atoms. The summed E-state index contributed by atoms with van der Waals surface area (Å²) in [5.74, 6) is 0. The summed E-state index contributed by atoms with van der Waals surface area (Å²) in [7, 11) is 0. The van der Waals surface area contributed by atoms with Crippen LogP contribution >= 0.6 is 0 Å². The van der Waals surface area contributed by atoms with Gasteiger partial charge in [-0.25, -0.2) is 0 Å². The van der Waals surface area contributed by atoms with Crippen molar-refractivity contribution in [3.05, 3.63) is 0 Å². The highest BCUT2D eigenvalue weighted by Crippen LogP contribution is 1.74. The second-order valence-corrected chi connectivity index (χ2v) is 1.67. The number of hydrogen-bond donors (Lipinski definition) is 0. The Morgan fingerprint density at radius 3 is 1.71 bits per heavy atom. The lowest BCUT2D eigenvalue weighted by Crippen LogP contribution is -2.05. The lowest BCUT2D eigenvalue weighted by Gasteiger charge is -1.76. The smallest absolute Gasteiger partial charge is 0.0596 e. The fraction of sp³-hybridized carbons (Fsp3) is 1.00. The Kier molecular flexibility index (Phi) is 5.93. The van der Waals surface area contributed by atoms with Crippen molar-refractivity contribution in [3.8, 4) is 0 Å². The monoisotopic (exact) mass is 100 g/mol. The topological polar surface area (TPSA) is 14.1 Å². The Labute approximate surface area is 46.1 Å². The maximum absolute atomic E-state index is 4.21. The third-order valence-corrected chi connectivity index (χ3v) is 0.763. The van der Waals surface area contributed by atoms with Crippen LogP contribution in [0.5, 0.6) is 0 Å². The quantitative estimate of drug-likeness (QED) is 0.474. The summed E-state index contributed by atoms with van der Waals surface area (Å²) in [6.45, 7) is 6.40. The molecule has 0 aliphatic heterocycles. The van der Waals surface area contributed by atoms with Gasteiger partial charge in [0, 0.05) is 12.8 Å². The van der Waals surface area contributed by atoms with Crippen LogP contribution in [0.1, 0.15) is 26.7 Å². The molecular formula is C6H14N+. The van der Waals surface area contributed by atoms with Gasteiger partial charge in [-0.15, -0.1) is 0 Å². The standard InChI is InChI=1S/C6H14N/c1-3-5-7-6-4-2/h3-6H2,1-2H3/q+1. The maximum Gasteiger partial charge on any atom is 0.183 e. The molecule has 0 saturated heterocycles. The molecule has 0 amide bonds. The molecule has 0 bridgehead atoms. The fourth-order valence-corrected chi connectivity index (χ4v) is 0.428. The van der Waals surface area contributed by atoms with Crippen LogP contribution in [-0.4, -0.2) is 13.1 Å². The molecule has 0 rings (SSSR count). The second-order valence-electron chi connectivity index (χ2n) is 1.67. The summed E-state index contributed by atoms with van der Waals surface area (Å²) in [6.07, 6.45) is 2.39. The first-order valence-electron chi connectivity index (χ1n) is 3.05. The lowest BCUT2D eigenvalue weighted by molar-refractivity contribution is 0.649. The van der Waals surface area contributed by atoms with Crippen molar-refractivity contribution < 1.29 is 0 Å². The van der Waals surface area contributed by atoms with Crippen molar-refractivity contribution >= 4 is 0 Å². The van der Waals surface area contributed by atoms with Crippen molar-refractivity contribution in [1.29, 1.82) is 0 Å². The van der Waals surface area contributed by atoms with Crippen LogP contribution in [0.4, 0.5) is 0 Å². The summed E-state index contributed by atoms with van der Waals surface area (Å²) < 4.78 is 0. The Morgan fingerprint density at radius 2 is 1.43 bits per heavy atom. The van der Waals surface area contributed by atoms with Crippen LogP contribution < -0.4 is 5.32 Å². The normalized spacial score (nSPS) is 9.43. The van der Waals surface area contributed by atoms with Gasteiger partial charge in [0.2, 0.25) is 0 Å². The molecule has 0 heterocycles. The molecule has 0 aromatic carbocycles. The molecule has 0 aromatic rings. The molecule has 0 aromatic heterocycles. The van der Waals surface area contributed by atoms with Gasteiger partial charge in [-0.05, 0) is 0 Å². The zero-order valence-corrected chi connectivity index (χ0v) is 5.28. The first-order valence-corrected chi connectivity index (χ1v) is 3.05. The molecular weight excluding hydrogens is 86.1 g/mol. The van der Waals surface area contributed by atoms with E-state index in [1.54, 1.807) is 0 Å². The highest BCUT2D eigenvalue weighted by Gasteiger charge is 1.94. The lowest BCUT2D eigenvalue weighted by atomic mass is 10.4. The summed E-state index contributed by atoms with van der Waals surface area (Å²) in [6, 6.07) is 0. The molecule has 0 aliphatic carbocycles. The van der Waals surface area contributed by atoms with E-state index in [4.69, 9.17) is 0 Å². The first kappa shape index (κ1) is 6.96. The van der Waals surface area contributed by atoms with E-state index in [0.29, 0.717) is 0 Å². The molecule has 1 heteroatoms. The first-order chi connectivity index (χ1) is 3.41. The van der Waals surface area contributed by atoms with E-state index in [9.17, 15) is 0 Å². The van der Waals surface area contributed by atoms with Crippen LogP contribution in [0.15, 0.2) is 0 Å². The Bertz CT molecular complexity index is 23.4. The Hall–Kier alpha value is -0.0400. The van der Waals surface area contributed by atoms with Crippen molar-refractivity contribution in [3.63, 3.8) is 0 Å². The second kappa shape index (κ2) is 5.96. The molecule has 0 N–H and O–H groups in total. The van der Waals surface area contributed by atoms with E-state index >= 15 is 0 Å². The van der Waals surface area contributed by atoms with E-state index in [1.807, 2.05) is 0 Å². The van der Waals surface area contributed by atoms with Gasteiger partial charge in [0.05, 0.1) is 5.32 Å². The van der Waals surface area contributed by atoms with Crippen molar-refractivity contribution in [2.75, 3.05) is 13.1 Å². The molecule has 0 spiro atoms. The maximum atomic E-state index is 4.21. The third kappa shape index (κ3) is 5.96. The molecule has 0 fully saturated rings. The van der Waals surface area contributed by atoms with Crippen molar-refractivity contribution in [2.24, 2.45) is 0 Å². The average Bonchev–Trinajstić information content (AvgIpc) is 1.69. The fourth-order valence-electron chi connectivity index (χ4n) is 0.428. The summed E-state index contributed by atoms with van der Waals surface area (Å²) in [5, 5.41) is 4.21. The van der Waals surface area contributed by atoms with Crippen LogP contribution in [0, 0.1) is 0 Å². The molecule has 0 saturated carbocycles. The highest BCUT2D eigenvalue weighted by atomic mass is 14.8. The molecule has 2 radical (unpaired) electrons. The minimum atomic E-state index is 1.05. The summed E-state index contributed by atoms with van der Waals surface area (Å²) >= 11 is 0. The Balaban J connectivity index is 2.45. The minimum Gasteiger partial charge on any atom is -0.0596 e. The number of hydrogen-bond acceptors (Lipinski definition) is 0. The third-order valence-electron chi connectivity index (χ3n) is 0.763. The number of rotatable bonds is 4. The SMILES string of the molecule is CCC[N+]CCC. The molecule has 0 atom stereocenters. The highest BCUT2D eigenvalue weighted by molar-refractivity contribution is 4.39. The zero-order chi connectivity index (χ0) is 5.54. The van der Waals surface area contributed by atoms with Crippen molar-refractivity contribution in [2.45, 2.75) is 26.7 Å². The zero-order valence-electron chi connectivity index (χ0n) is 5.28. The van der Waals surface area contributed by atoms with Gasteiger partial charge in [-0.1, -0.05) is 13.8 Å². The van der Waals surface area contributed by atoms with E-state index < -0.39 is 0 Å². The van der Waals surface area contributed by atoms with Gasteiger partial charge in [0.15, 0.2) is 13.1 Å². The van der Waals surface area contributed by atoms with Gasteiger partial charge in [0.1, 0.15) is 0 Å². The predicted molar refractivity (Wildman–Crippen MR) is 32.4 cm³/mol. The molecule has 0 aliphatic rings. The number of nitrogens with zero attached hydrogens (tertiary/aromatic N) is 1. The summed E-state index contributed by atoms with van der Waals surface area (Å²) in [5.41, 5.74) is 0. The van der Waals surface area contributed by atoms with E-state index in [2.05, 4.69) is 19.2 Å². The minimum absolute atomic E-state index is 1.05. The Morgan fingerprint density at radius 1 is 1.00 bits per heavy atom. The van der Waals surface area contributed by atoms with Crippen LogP contribution in [0.3, 0.4) is 0 Å². The molecule has 1 nitrogen and oxygen atoms in total. The van der Waals surface area contributed by atoms with Gasteiger partial charge in [-0.2, -0.15) is 0 Å². The van der Waals surface area contributed by atoms with Crippen LogP contribution in [0.2, 0.25) is 0 Å². The van der Waals surface area contributed by atoms with Crippen LogP contribution in [0.25, 0.3) is 0 Å². The van der Waals surface area contributed by atoms with Crippen molar-refractivity contribution in [1.82, 2.24) is 5.32 Å². The van der Waals surface area contributed by atoms with E-state index in [-0.39, 0.29) is 0 Å². The van der Waals surface area contributed by atoms with E-state index in [1.165, 1.54) is 12.8 Å². The van der Waals surface area contributed by atoms with Crippen LogP contribution in [-0.2, 0) is 0 Å². The van der Waals surface area contributed by atoms with Gasteiger partial charge >= 0.3 is 0 Å².